The van der Waals surface area contributed by atoms with Crippen molar-refractivity contribution in [2.45, 2.75) is 25.3 Å². The zero-order valence-electron chi connectivity index (χ0n) is 16.2. The topological polar surface area (TPSA) is 75.2 Å². The van der Waals surface area contributed by atoms with Crippen molar-refractivity contribution in [2.24, 2.45) is 10.9 Å². The number of ether oxygens (including phenoxy) is 2. The first kappa shape index (κ1) is 19.5. The van der Waals surface area contributed by atoms with Crippen LogP contribution in [0.15, 0.2) is 29.3 Å². The summed E-state index contributed by atoms with van der Waals surface area (Å²) in [6.45, 7) is 3.26. The van der Waals surface area contributed by atoms with Crippen LogP contribution in [0, 0.1) is 5.92 Å². The van der Waals surface area contributed by atoms with Crippen LogP contribution in [0.4, 0.5) is 0 Å². The molecule has 0 saturated carbocycles. The van der Waals surface area contributed by atoms with Gasteiger partial charge >= 0.3 is 0 Å². The molecule has 1 saturated heterocycles. The Balaban J connectivity index is 1.67. The van der Waals surface area contributed by atoms with Crippen LogP contribution < -0.4 is 15.4 Å². The molecule has 2 aliphatic rings. The molecular formula is C20H30N4O3. The van der Waals surface area contributed by atoms with Gasteiger partial charge in [0.15, 0.2) is 5.96 Å². The van der Waals surface area contributed by atoms with Crippen molar-refractivity contribution in [3.8, 4) is 5.75 Å². The van der Waals surface area contributed by atoms with Crippen LogP contribution >= 0.6 is 0 Å². The highest BCUT2D eigenvalue weighted by molar-refractivity contribution is 5.85. The number of guanidine groups is 1. The second-order valence-electron chi connectivity index (χ2n) is 7.26. The molecule has 2 aliphatic heterocycles. The van der Waals surface area contributed by atoms with E-state index in [2.05, 4.69) is 21.7 Å². The van der Waals surface area contributed by atoms with Crippen molar-refractivity contribution >= 4 is 11.9 Å². The first-order chi connectivity index (χ1) is 13.1. The molecule has 2 heterocycles. The molecular weight excluding hydrogens is 344 g/mol. The number of nitrogens with one attached hydrogen (secondary N) is 2. The van der Waals surface area contributed by atoms with Gasteiger partial charge in [0.05, 0.1) is 12.6 Å². The third-order valence-electron chi connectivity index (χ3n) is 5.04. The van der Waals surface area contributed by atoms with Crippen LogP contribution in [0.3, 0.4) is 0 Å². The largest absolute Gasteiger partial charge is 0.493 e. The molecule has 3 rings (SSSR count). The number of carbonyl (C=O) groups excluding carboxylic acids is 1. The lowest BCUT2D eigenvalue weighted by atomic mass is 10.00. The van der Waals surface area contributed by atoms with Crippen molar-refractivity contribution in [3.05, 3.63) is 29.8 Å². The lowest BCUT2D eigenvalue weighted by Gasteiger charge is -2.29. The van der Waals surface area contributed by atoms with Gasteiger partial charge in [-0.15, -0.1) is 0 Å². The molecule has 0 aromatic heterocycles. The number of para-hydroxylation sites is 1. The van der Waals surface area contributed by atoms with Gasteiger partial charge in [0.2, 0.25) is 5.91 Å². The molecule has 148 valence electrons. The van der Waals surface area contributed by atoms with Crippen LogP contribution in [0.2, 0.25) is 0 Å². The third kappa shape index (κ3) is 5.60. The standard InChI is InChI=1S/C20H30N4O3/c1-24(2)19(25)14-22-20(21-13-15-7-10-26-11-8-15)23-17-9-12-27-18-6-4-3-5-16(17)18/h3-6,15,17H,7-14H2,1-2H3,(H2,21,22,23). The molecule has 7 heteroatoms. The molecule has 0 radical (unpaired) electrons. The molecule has 0 bridgehead atoms. The summed E-state index contributed by atoms with van der Waals surface area (Å²) in [6, 6.07) is 8.18. The van der Waals surface area contributed by atoms with Gasteiger partial charge in [-0.2, -0.15) is 0 Å². The van der Waals surface area contributed by atoms with Gasteiger partial charge in [0, 0.05) is 45.8 Å². The van der Waals surface area contributed by atoms with Crippen LogP contribution in [0.1, 0.15) is 30.9 Å². The number of likely N-dealkylation sites (N-methyl/N-ethyl adjacent to an activating group) is 1. The summed E-state index contributed by atoms with van der Waals surface area (Å²) < 4.78 is 11.2. The first-order valence-corrected chi connectivity index (χ1v) is 9.68. The fourth-order valence-corrected chi connectivity index (χ4v) is 3.29. The van der Waals surface area contributed by atoms with E-state index in [-0.39, 0.29) is 18.5 Å². The Labute approximate surface area is 161 Å². The van der Waals surface area contributed by atoms with Crippen molar-refractivity contribution in [1.82, 2.24) is 15.5 Å². The minimum Gasteiger partial charge on any atom is -0.493 e. The van der Waals surface area contributed by atoms with Crippen LogP contribution in [0.25, 0.3) is 0 Å². The normalized spacial score (nSPS) is 20.4. The van der Waals surface area contributed by atoms with Crippen molar-refractivity contribution < 1.29 is 14.3 Å². The minimum absolute atomic E-state index is 0.0189. The molecule has 1 amide bonds. The summed E-state index contributed by atoms with van der Waals surface area (Å²) in [5, 5.41) is 6.94. The lowest BCUT2D eigenvalue weighted by molar-refractivity contribution is -0.127. The van der Waals surface area contributed by atoms with Crippen LogP contribution in [-0.4, -0.2) is 63.8 Å². The predicted molar refractivity (Wildman–Crippen MR) is 105 cm³/mol. The number of amides is 1. The Morgan fingerprint density at radius 2 is 1.96 bits per heavy atom. The highest BCUT2D eigenvalue weighted by atomic mass is 16.5. The molecule has 2 N–H and O–H groups in total. The van der Waals surface area contributed by atoms with E-state index >= 15 is 0 Å². The molecule has 1 aromatic carbocycles. The third-order valence-corrected chi connectivity index (χ3v) is 5.04. The van der Waals surface area contributed by atoms with Crippen molar-refractivity contribution in [3.63, 3.8) is 0 Å². The van der Waals surface area contributed by atoms with Gasteiger partial charge in [0.25, 0.3) is 0 Å². The maximum atomic E-state index is 12.0. The number of fused-ring (bicyclic) bond motifs is 1. The zero-order valence-corrected chi connectivity index (χ0v) is 16.2. The Kier molecular flexibility index (Phi) is 6.92. The minimum atomic E-state index is -0.0189. The summed E-state index contributed by atoms with van der Waals surface area (Å²) in [6.07, 6.45) is 2.96. The fraction of sp³-hybridized carbons (Fsp3) is 0.600. The van der Waals surface area contributed by atoms with E-state index in [0.717, 1.165) is 50.3 Å². The average molecular weight is 374 g/mol. The highest BCUT2D eigenvalue weighted by Crippen LogP contribution is 2.31. The average Bonchev–Trinajstić information content (AvgIpc) is 2.70. The monoisotopic (exact) mass is 374 g/mol. The fourth-order valence-electron chi connectivity index (χ4n) is 3.29. The number of hydrogen-bond acceptors (Lipinski definition) is 4. The van der Waals surface area contributed by atoms with E-state index in [0.29, 0.717) is 18.5 Å². The zero-order chi connectivity index (χ0) is 19.1. The smallest absolute Gasteiger partial charge is 0.243 e. The van der Waals surface area contributed by atoms with E-state index in [1.807, 2.05) is 18.2 Å². The van der Waals surface area contributed by atoms with E-state index in [1.54, 1.807) is 19.0 Å². The summed E-state index contributed by atoms with van der Waals surface area (Å²) in [7, 11) is 3.49. The van der Waals surface area contributed by atoms with E-state index in [1.165, 1.54) is 0 Å². The maximum absolute atomic E-state index is 12.0. The second kappa shape index (κ2) is 9.60. The van der Waals surface area contributed by atoms with Crippen LogP contribution in [-0.2, 0) is 9.53 Å². The maximum Gasteiger partial charge on any atom is 0.243 e. The number of rotatable bonds is 5. The van der Waals surface area contributed by atoms with Gasteiger partial charge < -0.3 is 25.0 Å². The van der Waals surface area contributed by atoms with Crippen molar-refractivity contribution in [1.29, 1.82) is 0 Å². The molecule has 0 aliphatic carbocycles. The van der Waals surface area contributed by atoms with Gasteiger partial charge in [0.1, 0.15) is 12.3 Å². The number of carbonyl (C=O) groups is 1. The van der Waals surface area contributed by atoms with Crippen molar-refractivity contribution in [2.75, 3.05) is 47.0 Å². The Bertz CT molecular complexity index is 656. The lowest BCUT2D eigenvalue weighted by Crippen LogP contribution is -2.44. The van der Waals surface area contributed by atoms with Gasteiger partial charge in [-0.05, 0) is 24.8 Å². The first-order valence-electron chi connectivity index (χ1n) is 9.68. The molecule has 27 heavy (non-hydrogen) atoms. The Hall–Kier alpha value is -2.28. The van der Waals surface area contributed by atoms with Gasteiger partial charge in [-0.3, -0.25) is 4.79 Å². The van der Waals surface area contributed by atoms with Gasteiger partial charge in [-0.25, -0.2) is 4.99 Å². The summed E-state index contributed by atoms with van der Waals surface area (Å²) in [4.78, 5) is 18.1. The second-order valence-corrected chi connectivity index (χ2v) is 7.26. The summed E-state index contributed by atoms with van der Waals surface area (Å²) in [5.74, 6) is 2.14. The summed E-state index contributed by atoms with van der Waals surface area (Å²) >= 11 is 0. The Morgan fingerprint density at radius 1 is 1.19 bits per heavy atom. The van der Waals surface area contributed by atoms with Gasteiger partial charge in [-0.1, -0.05) is 18.2 Å². The highest BCUT2D eigenvalue weighted by Gasteiger charge is 2.22. The molecule has 1 aromatic rings. The molecule has 1 fully saturated rings. The van der Waals surface area contributed by atoms with E-state index in [4.69, 9.17) is 9.47 Å². The number of nitrogens with zero attached hydrogens (tertiary/aromatic N) is 2. The number of benzene rings is 1. The quantitative estimate of drug-likeness (QED) is 0.604. The number of hydrogen-bond donors (Lipinski definition) is 2. The predicted octanol–water partition coefficient (Wildman–Crippen LogP) is 1.56. The molecule has 7 nitrogen and oxygen atoms in total. The van der Waals surface area contributed by atoms with Crippen LogP contribution in [0.5, 0.6) is 5.75 Å². The Morgan fingerprint density at radius 3 is 2.74 bits per heavy atom. The van der Waals surface area contributed by atoms with E-state index < -0.39 is 0 Å². The summed E-state index contributed by atoms with van der Waals surface area (Å²) in [5.41, 5.74) is 1.13. The van der Waals surface area contributed by atoms with E-state index in [9.17, 15) is 4.79 Å². The number of aliphatic imine (C=N–C) groups is 1. The molecule has 1 unspecified atom stereocenters. The molecule has 1 atom stereocenters. The SMILES string of the molecule is CN(C)C(=O)CN=C(NCC1CCOCC1)NC1CCOc2ccccc21. The molecule has 0 spiro atoms.